The SMILES string of the molecule is CC.CC.CON(C)C(=O)c1cc(-c2ccc(Cl)c(Cl)c2)ncn1. The number of rotatable bonds is 3. The molecule has 0 aliphatic rings. The van der Waals surface area contributed by atoms with Gasteiger partial charge in [0.25, 0.3) is 5.91 Å². The molecule has 0 saturated carbocycles. The molecule has 0 aliphatic carbocycles. The summed E-state index contributed by atoms with van der Waals surface area (Å²) in [7, 11) is 2.91. The van der Waals surface area contributed by atoms with Crippen LogP contribution in [0.15, 0.2) is 30.6 Å². The Morgan fingerprint density at radius 1 is 1.04 bits per heavy atom. The largest absolute Gasteiger partial charge is 0.295 e. The number of hydroxylamine groups is 2. The first-order valence-electron chi connectivity index (χ1n) is 7.62. The summed E-state index contributed by atoms with van der Waals surface area (Å²) < 4.78 is 0. The molecule has 5 nitrogen and oxygen atoms in total. The van der Waals surface area contributed by atoms with Gasteiger partial charge in [0.05, 0.1) is 22.8 Å². The molecule has 0 unspecified atom stereocenters. The molecule has 1 amide bonds. The molecule has 2 rings (SSSR count). The number of nitrogens with zero attached hydrogens (tertiary/aromatic N) is 3. The summed E-state index contributed by atoms with van der Waals surface area (Å²) in [6.07, 6.45) is 1.31. The zero-order valence-electron chi connectivity index (χ0n) is 14.8. The zero-order chi connectivity index (χ0) is 18.7. The number of carbonyl (C=O) groups is 1. The lowest BCUT2D eigenvalue weighted by molar-refractivity contribution is -0.0760. The molecule has 0 fully saturated rings. The van der Waals surface area contributed by atoms with E-state index in [-0.39, 0.29) is 11.6 Å². The quantitative estimate of drug-likeness (QED) is 0.701. The van der Waals surface area contributed by atoms with Gasteiger partial charge < -0.3 is 0 Å². The van der Waals surface area contributed by atoms with Gasteiger partial charge in [-0.25, -0.2) is 15.0 Å². The number of benzene rings is 1. The van der Waals surface area contributed by atoms with E-state index in [1.807, 2.05) is 27.7 Å². The van der Waals surface area contributed by atoms with Crippen LogP contribution < -0.4 is 0 Å². The zero-order valence-corrected chi connectivity index (χ0v) is 16.3. The number of amides is 1. The van der Waals surface area contributed by atoms with E-state index < -0.39 is 0 Å². The Kier molecular flexibility index (Phi) is 11.0. The number of hydrogen-bond donors (Lipinski definition) is 0. The summed E-state index contributed by atoms with van der Waals surface area (Å²) in [5, 5.41) is 1.96. The summed E-state index contributed by atoms with van der Waals surface area (Å²) in [6.45, 7) is 8.00. The Morgan fingerprint density at radius 2 is 1.67 bits per heavy atom. The van der Waals surface area contributed by atoms with E-state index in [0.29, 0.717) is 15.7 Å². The van der Waals surface area contributed by atoms with Crippen LogP contribution in [0.5, 0.6) is 0 Å². The van der Waals surface area contributed by atoms with Crippen molar-refractivity contribution in [3.05, 3.63) is 46.3 Å². The maximum atomic E-state index is 11.9. The molecular weight excluding hydrogens is 349 g/mol. The summed E-state index contributed by atoms with van der Waals surface area (Å²) in [4.78, 5) is 24.8. The van der Waals surface area contributed by atoms with Gasteiger partial charge in [-0.1, -0.05) is 57.0 Å². The molecule has 132 valence electrons. The van der Waals surface area contributed by atoms with Crippen molar-refractivity contribution in [2.75, 3.05) is 14.2 Å². The first-order valence-corrected chi connectivity index (χ1v) is 8.38. The average molecular weight is 372 g/mol. The molecule has 1 aromatic heterocycles. The third-order valence-corrected chi connectivity index (χ3v) is 3.40. The summed E-state index contributed by atoms with van der Waals surface area (Å²) in [5.74, 6) is -0.365. The molecule has 24 heavy (non-hydrogen) atoms. The van der Waals surface area contributed by atoms with E-state index in [2.05, 4.69) is 9.97 Å². The van der Waals surface area contributed by atoms with Gasteiger partial charge >= 0.3 is 0 Å². The third kappa shape index (κ3) is 6.07. The Balaban J connectivity index is 0.00000123. The standard InChI is InChI=1S/C13H11Cl2N3O2.2C2H6/c1-18(20-2)13(19)12-6-11(16-7-17-12)8-3-4-9(14)10(15)5-8;2*1-2/h3-7H,1-2H3;2*1-2H3. The topological polar surface area (TPSA) is 55.3 Å². The molecule has 7 heteroatoms. The van der Waals surface area contributed by atoms with Gasteiger partial charge in [-0.15, -0.1) is 0 Å². The molecule has 2 aromatic rings. The molecule has 0 saturated heterocycles. The Labute approximate surface area is 153 Å². The van der Waals surface area contributed by atoms with Crippen LogP contribution in [-0.4, -0.2) is 35.1 Å². The highest BCUT2D eigenvalue weighted by molar-refractivity contribution is 6.42. The van der Waals surface area contributed by atoms with Crippen LogP contribution in [0.25, 0.3) is 11.3 Å². The van der Waals surface area contributed by atoms with E-state index >= 15 is 0 Å². The van der Waals surface area contributed by atoms with E-state index in [9.17, 15) is 4.79 Å². The first kappa shape index (κ1) is 22.3. The van der Waals surface area contributed by atoms with Crippen LogP contribution in [-0.2, 0) is 4.84 Å². The number of halogens is 2. The molecule has 0 bridgehead atoms. The van der Waals surface area contributed by atoms with Gasteiger partial charge in [0.2, 0.25) is 0 Å². The molecule has 0 N–H and O–H groups in total. The predicted molar refractivity (Wildman–Crippen MR) is 99.3 cm³/mol. The fourth-order valence-corrected chi connectivity index (χ4v) is 1.83. The van der Waals surface area contributed by atoms with Crippen molar-refractivity contribution in [2.24, 2.45) is 0 Å². The van der Waals surface area contributed by atoms with Gasteiger partial charge in [-0.3, -0.25) is 9.63 Å². The monoisotopic (exact) mass is 371 g/mol. The van der Waals surface area contributed by atoms with Crippen LogP contribution in [0.2, 0.25) is 10.0 Å². The minimum absolute atomic E-state index is 0.227. The lowest BCUT2D eigenvalue weighted by Gasteiger charge is -2.13. The fraction of sp³-hybridized carbons (Fsp3) is 0.353. The summed E-state index contributed by atoms with van der Waals surface area (Å²) >= 11 is 11.8. The summed E-state index contributed by atoms with van der Waals surface area (Å²) in [6, 6.07) is 6.69. The molecule has 0 radical (unpaired) electrons. The highest BCUT2D eigenvalue weighted by Gasteiger charge is 2.14. The molecule has 0 spiro atoms. The molecule has 1 heterocycles. The second kappa shape index (κ2) is 11.8. The normalized spacial score (nSPS) is 9.17. The minimum atomic E-state index is -0.365. The smallest absolute Gasteiger partial charge is 0.274 e. The lowest BCUT2D eigenvalue weighted by Crippen LogP contribution is -2.26. The molecule has 0 atom stereocenters. The van der Waals surface area contributed by atoms with E-state index in [1.165, 1.54) is 20.5 Å². The Hall–Kier alpha value is -1.69. The fourth-order valence-electron chi connectivity index (χ4n) is 1.53. The molecule has 0 aliphatic heterocycles. The van der Waals surface area contributed by atoms with Crippen molar-refractivity contribution in [2.45, 2.75) is 27.7 Å². The van der Waals surface area contributed by atoms with Crippen LogP contribution in [0.1, 0.15) is 38.2 Å². The van der Waals surface area contributed by atoms with E-state index in [4.69, 9.17) is 28.0 Å². The number of hydrogen-bond acceptors (Lipinski definition) is 4. The van der Waals surface area contributed by atoms with Gasteiger partial charge in [0.15, 0.2) is 0 Å². The van der Waals surface area contributed by atoms with Crippen molar-refractivity contribution in [3.63, 3.8) is 0 Å². The van der Waals surface area contributed by atoms with Crippen molar-refractivity contribution in [3.8, 4) is 11.3 Å². The van der Waals surface area contributed by atoms with Gasteiger partial charge in [-0.05, 0) is 18.2 Å². The number of aromatic nitrogens is 2. The van der Waals surface area contributed by atoms with E-state index in [0.717, 1.165) is 10.6 Å². The minimum Gasteiger partial charge on any atom is -0.274 e. The maximum absolute atomic E-state index is 11.9. The van der Waals surface area contributed by atoms with Crippen LogP contribution in [0, 0.1) is 0 Å². The van der Waals surface area contributed by atoms with Gasteiger partial charge in [0, 0.05) is 12.6 Å². The van der Waals surface area contributed by atoms with Crippen molar-refractivity contribution in [1.29, 1.82) is 0 Å². The highest BCUT2D eigenvalue weighted by atomic mass is 35.5. The van der Waals surface area contributed by atoms with Crippen LogP contribution in [0.4, 0.5) is 0 Å². The molecular formula is C17H23Cl2N3O2. The molecule has 1 aromatic carbocycles. The third-order valence-electron chi connectivity index (χ3n) is 2.66. The Bertz CT molecular complexity index is 651. The van der Waals surface area contributed by atoms with Gasteiger partial charge in [0.1, 0.15) is 12.0 Å². The average Bonchev–Trinajstić information content (AvgIpc) is 2.66. The van der Waals surface area contributed by atoms with E-state index in [1.54, 1.807) is 24.3 Å². The van der Waals surface area contributed by atoms with Crippen molar-refractivity contribution >= 4 is 29.1 Å². The predicted octanol–water partition coefficient (Wildman–Crippen LogP) is 5.14. The van der Waals surface area contributed by atoms with Crippen LogP contribution in [0.3, 0.4) is 0 Å². The highest BCUT2D eigenvalue weighted by Crippen LogP contribution is 2.27. The second-order valence-electron chi connectivity index (χ2n) is 3.90. The number of carbonyl (C=O) groups excluding carboxylic acids is 1. The Morgan fingerprint density at radius 3 is 2.21 bits per heavy atom. The first-order chi connectivity index (χ1) is 11.5. The lowest BCUT2D eigenvalue weighted by atomic mass is 10.1. The van der Waals surface area contributed by atoms with Crippen LogP contribution >= 0.6 is 23.2 Å². The van der Waals surface area contributed by atoms with Gasteiger partial charge in [-0.2, -0.15) is 0 Å². The summed E-state index contributed by atoms with van der Waals surface area (Å²) in [5.41, 5.74) is 1.55. The maximum Gasteiger partial charge on any atom is 0.295 e. The second-order valence-corrected chi connectivity index (χ2v) is 4.72. The van der Waals surface area contributed by atoms with Crippen molar-refractivity contribution in [1.82, 2.24) is 15.0 Å². The van der Waals surface area contributed by atoms with Crippen molar-refractivity contribution < 1.29 is 9.63 Å².